The molecule has 4 unspecified atom stereocenters. The lowest BCUT2D eigenvalue weighted by molar-refractivity contribution is -0.119. The highest BCUT2D eigenvalue weighted by atomic mass is 35.5. The molecule has 144 valence electrons. The molecule has 1 aliphatic heterocycles. The highest BCUT2D eigenvalue weighted by Crippen LogP contribution is 2.26. The molecule has 2 aliphatic rings. The van der Waals surface area contributed by atoms with Gasteiger partial charge in [-0.2, -0.15) is 0 Å². The Morgan fingerprint density at radius 2 is 2.04 bits per heavy atom. The van der Waals surface area contributed by atoms with Crippen LogP contribution in [-0.4, -0.2) is 47.1 Å². The number of rotatable bonds is 4. The fourth-order valence-electron chi connectivity index (χ4n) is 3.54. The van der Waals surface area contributed by atoms with Crippen molar-refractivity contribution in [2.75, 3.05) is 18.4 Å². The van der Waals surface area contributed by atoms with Gasteiger partial charge in [-0.25, -0.2) is 4.98 Å². The third-order valence-corrected chi connectivity index (χ3v) is 5.31. The summed E-state index contributed by atoms with van der Waals surface area (Å²) in [6.45, 7) is 6.84. The number of hydrogen-bond acceptors (Lipinski definition) is 6. The second-order valence-electron chi connectivity index (χ2n) is 6.85. The summed E-state index contributed by atoms with van der Waals surface area (Å²) in [6.07, 6.45) is 3.11. The number of nitrogens with one attached hydrogen (secondary N) is 1. The van der Waals surface area contributed by atoms with E-state index in [-0.39, 0.29) is 54.9 Å². The Morgan fingerprint density at radius 1 is 1.36 bits per heavy atom. The maximum absolute atomic E-state index is 12.2. The fraction of sp³-hybridized carbons (Fsp3) is 0.750. The summed E-state index contributed by atoms with van der Waals surface area (Å²) >= 11 is 1.50. The van der Waals surface area contributed by atoms with Gasteiger partial charge in [0.25, 0.3) is 0 Å². The monoisotopic (exact) mass is 410 g/mol. The van der Waals surface area contributed by atoms with Crippen LogP contribution in [0.2, 0.25) is 0 Å². The van der Waals surface area contributed by atoms with E-state index in [0.717, 1.165) is 44.6 Å². The van der Waals surface area contributed by atoms with E-state index in [4.69, 9.17) is 10.5 Å². The lowest BCUT2D eigenvalue weighted by Gasteiger charge is -2.34. The van der Waals surface area contributed by atoms with Crippen LogP contribution in [-0.2, 0) is 16.1 Å². The van der Waals surface area contributed by atoms with Gasteiger partial charge in [0.05, 0.1) is 17.9 Å². The number of nitrogens with two attached hydrogens (primary N) is 1. The Bertz CT molecular complexity index is 550. The molecule has 0 spiro atoms. The zero-order chi connectivity index (χ0) is 16.4. The van der Waals surface area contributed by atoms with Crippen molar-refractivity contribution in [3.05, 3.63) is 11.1 Å². The molecule has 1 aliphatic carbocycles. The number of aromatic nitrogens is 1. The Morgan fingerprint density at radius 3 is 2.64 bits per heavy atom. The van der Waals surface area contributed by atoms with E-state index in [1.54, 1.807) is 0 Å². The minimum absolute atomic E-state index is 0. The van der Waals surface area contributed by atoms with Gasteiger partial charge < -0.3 is 15.8 Å². The van der Waals surface area contributed by atoms with Crippen molar-refractivity contribution < 1.29 is 9.53 Å². The molecule has 0 bridgehead atoms. The first-order valence-corrected chi connectivity index (χ1v) is 9.26. The molecular formula is C16H28Cl2N4O2S. The van der Waals surface area contributed by atoms with Gasteiger partial charge >= 0.3 is 0 Å². The zero-order valence-corrected chi connectivity index (χ0v) is 17.1. The van der Waals surface area contributed by atoms with E-state index in [2.05, 4.69) is 29.0 Å². The quantitative estimate of drug-likeness (QED) is 0.796. The molecule has 3 rings (SSSR count). The van der Waals surface area contributed by atoms with Crippen LogP contribution in [0, 0.1) is 5.92 Å². The van der Waals surface area contributed by atoms with Crippen molar-refractivity contribution in [1.29, 1.82) is 0 Å². The molecule has 1 amide bonds. The SMILES string of the molecule is CC1CN(Cc2csc(NC(=O)C3CCC(N)C3)n2)CC(C)O1.Cl.Cl. The van der Waals surface area contributed by atoms with E-state index in [9.17, 15) is 4.79 Å². The lowest BCUT2D eigenvalue weighted by atomic mass is 10.1. The van der Waals surface area contributed by atoms with Gasteiger partial charge in [-0.15, -0.1) is 36.2 Å². The molecule has 0 aromatic carbocycles. The third-order valence-electron chi connectivity index (χ3n) is 4.51. The first-order valence-electron chi connectivity index (χ1n) is 8.38. The lowest BCUT2D eigenvalue weighted by Crippen LogP contribution is -2.44. The summed E-state index contributed by atoms with van der Waals surface area (Å²) in [5.74, 6) is 0.103. The number of ether oxygens (including phenoxy) is 1. The van der Waals surface area contributed by atoms with Gasteiger partial charge in [0.15, 0.2) is 5.13 Å². The predicted octanol–water partition coefficient (Wildman–Crippen LogP) is 2.66. The van der Waals surface area contributed by atoms with E-state index in [1.807, 2.05) is 5.38 Å². The molecule has 3 N–H and O–H groups in total. The Balaban J connectivity index is 0.00000156. The first kappa shape index (κ1) is 22.6. The number of carbonyl (C=O) groups is 1. The highest BCUT2D eigenvalue weighted by molar-refractivity contribution is 7.13. The predicted molar refractivity (Wildman–Crippen MR) is 106 cm³/mol. The van der Waals surface area contributed by atoms with Crippen molar-refractivity contribution in [1.82, 2.24) is 9.88 Å². The van der Waals surface area contributed by atoms with Crippen molar-refractivity contribution in [3.63, 3.8) is 0 Å². The molecule has 1 saturated carbocycles. The van der Waals surface area contributed by atoms with Crippen molar-refractivity contribution in [2.24, 2.45) is 11.7 Å². The number of nitrogens with zero attached hydrogens (tertiary/aromatic N) is 2. The number of thiazole rings is 1. The summed E-state index contributed by atoms with van der Waals surface area (Å²) in [7, 11) is 0. The molecule has 6 nitrogen and oxygen atoms in total. The second-order valence-corrected chi connectivity index (χ2v) is 7.71. The van der Waals surface area contributed by atoms with Gasteiger partial charge in [-0.05, 0) is 33.1 Å². The highest BCUT2D eigenvalue weighted by Gasteiger charge is 2.28. The van der Waals surface area contributed by atoms with Crippen molar-refractivity contribution in [3.8, 4) is 0 Å². The topological polar surface area (TPSA) is 80.5 Å². The molecular weight excluding hydrogens is 383 g/mol. The van der Waals surface area contributed by atoms with Crippen LogP contribution in [0.5, 0.6) is 0 Å². The molecule has 0 radical (unpaired) electrons. The number of halogens is 2. The maximum Gasteiger partial charge on any atom is 0.229 e. The second kappa shape index (κ2) is 10.0. The summed E-state index contributed by atoms with van der Waals surface area (Å²) in [6, 6.07) is 0.169. The van der Waals surface area contributed by atoms with Crippen LogP contribution in [0.25, 0.3) is 0 Å². The van der Waals surface area contributed by atoms with E-state index < -0.39 is 0 Å². The Labute approximate surface area is 165 Å². The minimum atomic E-state index is 0. The van der Waals surface area contributed by atoms with Gasteiger partial charge in [-0.3, -0.25) is 9.69 Å². The maximum atomic E-state index is 12.2. The van der Waals surface area contributed by atoms with Crippen LogP contribution in [0.3, 0.4) is 0 Å². The fourth-order valence-corrected chi connectivity index (χ4v) is 4.25. The summed E-state index contributed by atoms with van der Waals surface area (Å²) in [4.78, 5) is 19.1. The van der Waals surface area contributed by atoms with Gasteiger partial charge in [0.2, 0.25) is 5.91 Å². The van der Waals surface area contributed by atoms with Crippen LogP contribution in [0.15, 0.2) is 5.38 Å². The van der Waals surface area contributed by atoms with Gasteiger partial charge in [0.1, 0.15) is 0 Å². The minimum Gasteiger partial charge on any atom is -0.373 e. The molecule has 25 heavy (non-hydrogen) atoms. The standard InChI is InChI=1S/C16H26N4O2S.2ClH/c1-10-6-20(7-11(2)22-10)8-14-9-23-16(18-14)19-15(21)12-3-4-13(17)5-12;;/h9-13H,3-8,17H2,1-2H3,(H,18,19,21);2*1H. The van der Waals surface area contributed by atoms with E-state index in [1.165, 1.54) is 11.3 Å². The van der Waals surface area contributed by atoms with Crippen LogP contribution in [0.4, 0.5) is 5.13 Å². The van der Waals surface area contributed by atoms with Crippen LogP contribution >= 0.6 is 36.2 Å². The smallest absolute Gasteiger partial charge is 0.229 e. The zero-order valence-electron chi connectivity index (χ0n) is 14.6. The van der Waals surface area contributed by atoms with Gasteiger partial charge in [0, 0.05) is 37.0 Å². The van der Waals surface area contributed by atoms with Crippen LogP contribution in [0.1, 0.15) is 38.8 Å². The third kappa shape index (κ3) is 6.34. The van der Waals surface area contributed by atoms with Crippen molar-refractivity contribution in [2.45, 2.75) is 57.9 Å². The summed E-state index contributed by atoms with van der Waals surface area (Å²) < 4.78 is 5.75. The molecule has 2 heterocycles. The first-order chi connectivity index (χ1) is 11.0. The normalized spacial score (nSPS) is 29.6. The Kier molecular flexibility index (Phi) is 9.08. The Hall–Kier alpha value is -0.440. The van der Waals surface area contributed by atoms with Crippen LogP contribution < -0.4 is 11.1 Å². The molecule has 1 saturated heterocycles. The number of amides is 1. The number of anilines is 1. The number of carbonyl (C=O) groups excluding carboxylic acids is 1. The van der Waals surface area contributed by atoms with Crippen molar-refractivity contribution >= 4 is 47.2 Å². The van der Waals surface area contributed by atoms with E-state index >= 15 is 0 Å². The number of hydrogen-bond donors (Lipinski definition) is 2. The average molecular weight is 411 g/mol. The number of morpholine rings is 1. The van der Waals surface area contributed by atoms with E-state index in [0.29, 0.717) is 5.13 Å². The summed E-state index contributed by atoms with van der Waals surface area (Å²) in [5, 5.41) is 5.67. The molecule has 2 fully saturated rings. The summed E-state index contributed by atoms with van der Waals surface area (Å²) in [5.41, 5.74) is 6.89. The molecule has 9 heteroatoms. The largest absolute Gasteiger partial charge is 0.373 e. The molecule has 4 atom stereocenters. The molecule has 1 aromatic heterocycles. The average Bonchev–Trinajstić information content (AvgIpc) is 3.07. The van der Waals surface area contributed by atoms with Gasteiger partial charge in [-0.1, -0.05) is 0 Å². The molecule has 1 aromatic rings.